The minimum Gasteiger partial charge on any atom is -0.318 e. The Morgan fingerprint density at radius 2 is 1.45 bits per heavy atom. The molecule has 192 valence electrons. The number of halogens is 1. The van der Waals surface area contributed by atoms with Crippen molar-refractivity contribution in [1.82, 2.24) is 18.5 Å². The Balaban J connectivity index is 1.54. The van der Waals surface area contributed by atoms with Crippen molar-refractivity contribution in [2.24, 2.45) is 7.05 Å². The standard InChI is InChI=1S/C28H24ClN5O4/c1-18-25(26(36)34(31(18)2)21-11-7-4-8-12-21)30-24(35)17-33-23-15-20(29)13-14-22(23)32(27(37)28(33)38)16-19-9-5-3-6-10-19/h3-15H,16-17H2,1-2H3,(H,30,35). The summed E-state index contributed by atoms with van der Waals surface area (Å²) >= 11 is 6.23. The average Bonchev–Trinajstić information content (AvgIpc) is 3.13. The molecule has 5 aromatic rings. The van der Waals surface area contributed by atoms with Crippen LogP contribution < -0.4 is 22.0 Å². The molecule has 0 spiro atoms. The number of hydrogen-bond donors (Lipinski definition) is 1. The van der Waals surface area contributed by atoms with Crippen LogP contribution in [0.25, 0.3) is 16.7 Å². The zero-order valence-electron chi connectivity index (χ0n) is 20.7. The lowest BCUT2D eigenvalue weighted by Crippen LogP contribution is -2.43. The van der Waals surface area contributed by atoms with E-state index in [1.165, 1.54) is 9.25 Å². The number of nitrogens with zero attached hydrogens (tertiary/aromatic N) is 4. The number of aromatic nitrogens is 4. The summed E-state index contributed by atoms with van der Waals surface area (Å²) in [4.78, 5) is 52.7. The third-order valence-corrected chi connectivity index (χ3v) is 6.73. The SMILES string of the molecule is Cc1c(NC(=O)Cn2c(=O)c(=O)n(Cc3ccccc3)c3ccc(Cl)cc32)c(=O)n(-c2ccccc2)n1C. The molecule has 0 fully saturated rings. The van der Waals surface area contributed by atoms with E-state index >= 15 is 0 Å². The fourth-order valence-corrected chi connectivity index (χ4v) is 4.67. The van der Waals surface area contributed by atoms with Crippen LogP contribution in [0.4, 0.5) is 5.69 Å². The maximum atomic E-state index is 13.2. The molecule has 3 aromatic carbocycles. The van der Waals surface area contributed by atoms with Crippen molar-refractivity contribution < 1.29 is 4.79 Å². The van der Waals surface area contributed by atoms with E-state index < -0.39 is 29.1 Å². The molecular weight excluding hydrogens is 506 g/mol. The number of hydrogen-bond acceptors (Lipinski definition) is 4. The Bertz CT molecular complexity index is 1850. The Morgan fingerprint density at radius 1 is 0.816 bits per heavy atom. The van der Waals surface area contributed by atoms with Crippen molar-refractivity contribution >= 4 is 34.2 Å². The van der Waals surface area contributed by atoms with Crippen molar-refractivity contribution in [3.05, 3.63) is 126 Å². The van der Waals surface area contributed by atoms with Gasteiger partial charge in [-0.25, -0.2) is 4.68 Å². The molecule has 9 nitrogen and oxygen atoms in total. The summed E-state index contributed by atoms with van der Waals surface area (Å²) in [6.07, 6.45) is 0. The van der Waals surface area contributed by atoms with Gasteiger partial charge in [-0.2, -0.15) is 0 Å². The zero-order valence-corrected chi connectivity index (χ0v) is 21.5. The number of carbonyl (C=O) groups excluding carboxylic acids is 1. The molecule has 0 saturated carbocycles. The molecule has 0 aliphatic rings. The van der Waals surface area contributed by atoms with E-state index in [4.69, 9.17) is 11.6 Å². The van der Waals surface area contributed by atoms with Crippen molar-refractivity contribution in [3.8, 4) is 5.69 Å². The monoisotopic (exact) mass is 529 g/mol. The normalized spacial score (nSPS) is 11.1. The van der Waals surface area contributed by atoms with Gasteiger partial charge < -0.3 is 5.32 Å². The molecule has 10 heteroatoms. The highest BCUT2D eigenvalue weighted by Gasteiger charge is 2.20. The summed E-state index contributed by atoms with van der Waals surface area (Å²) in [5.41, 5.74) is 0.856. The molecular formula is C28H24ClN5O4. The Hall–Kier alpha value is -4.63. The average molecular weight is 530 g/mol. The number of rotatable bonds is 6. The number of amides is 1. The van der Waals surface area contributed by atoms with E-state index in [-0.39, 0.29) is 12.2 Å². The van der Waals surface area contributed by atoms with Gasteiger partial charge in [0.2, 0.25) is 5.91 Å². The van der Waals surface area contributed by atoms with Gasteiger partial charge in [0, 0.05) is 12.1 Å². The molecule has 2 aromatic heterocycles. The fraction of sp³-hybridized carbons (Fsp3) is 0.143. The maximum absolute atomic E-state index is 13.2. The highest BCUT2D eigenvalue weighted by molar-refractivity contribution is 6.31. The quantitative estimate of drug-likeness (QED) is 0.341. The lowest BCUT2D eigenvalue weighted by molar-refractivity contribution is -0.116. The third-order valence-electron chi connectivity index (χ3n) is 6.50. The van der Waals surface area contributed by atoms with Gasteiger partial charge in [0.15, 0.2) is 0 Å². The molecule has 0 aliphatic carbocycles. The lowest BCUT2D eigenvalue weighted by atomic mass is 10.2. The molecule has 2 heterocycles. The largest absolute Gasteiger partial charge is 0.318 e. The molecule has 1 N–H and O–H groups in total. The first kappa shape index (κ1) is 25.0. The fourth-order valence-electron chi connectivity index (χ4n) is 4.51. The van der Waals surface area contributed by atoms with Crippen LogP contribution in [-0.4, -0.2) is 24.4 Å². The van der Waals surface area contributed by atoms with Crippen LogP contribution in [-0.2, 0) is 24.9 Å². The molecule has 1 amide bonds. The molecule has 0 saturated heterocycles. The number of anilines is 1. The number of carbonyl (C=O) groups is 1. The van der Waals surface area contributed by atoms with Crippen molar-refractivity contribution in [1.29, 1.82) is 0 Å². The van der Waals surface area contributed by atoms with E-state index in [1.807, 2.05) is 48.5 Å². The van der Waals surface area contributed by atoms with Crippen LogP contribution in [0.5, 0.6) is 0 Å². The highest BCUT2D eigenvalue weighted by Crippen LogP contribution is 2.19. The number of nitrogens with one attached hydrogen (secondary N) is 1. The first-order chi connectivity index (χ1) is 18.3. The van der Waals surface area contributed by atoms with Gasteiger partial charge in [-0.1, -0.05) is 60.1 Å². The van der Waals surface area contributed by atoms with Crippen molar-refractivity contribution in [2.45, 2.75) is 20.0 Å². The number of benzene rings is 3. The van der Waals surface area contributed by atoms with E-state index in [1.54, 1.807) is 49.0 Å². The second-order valence-electron chi connectivity index (χ2n) is 8.89. The van der Waals surface area contributed by atoms with Crippen molar-refractivity contribution in [2.75, 3.05) is 5.32 Å². The van der Waals surface area contributed by atoms with Crippen LogP contribution >= 0.6 is 11.6 Å². The predicted molar refractivity (Wildman–Crippen MR) is 147 cm³/mol. The van der Waals surface area contributed by atoms with E-state index in [2.05, 4.69) is 5.32 Å². The first-order valence-electron chi connectivity index (χ1n) is 11.9. The smallest absolute Gasteiger partial charge is 0.317 e. The van der Waals surface area contributed by atoms with Gasteiger partial charge in [0.1, 0.15) is 12.2 Å². The highest BCUT2D eigenvalue weighted by atomic mass is 35.5. The van der Waals surface area contributed by atoms with E-state index in [0.717, 1.165) is 10.1 Å². The lowest BCUT2D eigenvalue weighted by Gasteiger charge is -2.15. The summed E-state index contributed by atoms with van der Waals surface area (Å²) in [5.74, 6) is -0.625. The van der Waals surface area contributed by atoms with E-state index in [9.17, 15) is 19.2 Å². The van der Waals surface area contributed by atoms with Gasteiger partial charge in [-0.15, -0.1) is 0 Å². The first-order valence-corrected chi connectivity index (χ1v) is 12.2. The summed E-state index contributed by atoms with van der Waals surface area (Å²) < 4.78 is 5.54. The summed E-state index contributed by atoms with van der Waals surface area (Å²) in [7, 11) is 1.71. The molecule has 0 unspecified atom stereocenters. The number of para-hydroxylation sites is 1. The van der Waals surface area contributed by atoms with Gasteiger partial charge in [0.25, 0.3) is 5.56 Å². The van der Waals surface area contributed by atoms with E-state index in [0.29, 0.717) is 27.4 Å². The Labute approximate surface area is 221 Å². The van der Waals surface area contributed by atoms with Crippen LogP contribution in [0.2, 0.25) is 5.02 Å². The molecule has 0 aliphatic heterocycles. The Kier molecular flexibility index (Phi) is 6.61. The Morgan fingerprint density at radius 3 is 2.13 bits per heavy atom. The second-order valence-corrected chi connectivity index (χ2v) is 9.32. The molecule has 0 atom stereocenters. The van der Waals surface area contributed by atoms with Gasteiger partial charge in [0.05, 0.1) is 29.0 Å². The minimum atomic E-state index is -0.864. The van der Waals surface area contributed by atoms with Crippen LogP contribution in [0.3, 0.4) is 0 Å². The van der Waals surface area contributed by atoms with Gasteiger partial charge >= 0.3 is 11.1 Å². The van der Waals surface area contributed by atoms with Crippen LogP contribution in [0.1, 0.15) is 11.3 Å². The summed E-state index contributed by atoms with van der Waals surface area (Å²) in [5, 5.41) is 2.99. The predicted octanol–water partition coefficient (Wildman–Crippen LogP) is 3.30. The second kappa shape index (κ2) is 10.0. The van der Waals surface area contributed by atoms with Crippen LogP contribution in [0, 0.1) is 6.92 Å². The van der Waals surface area contributed by atoms with Crippen molar-refractivity contribution in [3.63, 3.8) is 0 Å². The van der Waals surface area contributed by atoms with Crippen LogP contribution in [0.15, 0.2) is 93.2 Å². The summed E-state index contributed by atoms with van der Waals surface area (Å²) in [6, 6.07) is 23.1. The third kappa shape index (κ3) is 4.48. The van der Waals surface area contributed by atoms with Gasteiger partial charge in [-0.3, -0.25) is 33.0 Å². The topological polar surface area (TPSA) is 100 Å². The zero-order chi connectivity index (χ0) is 27.0. The maximum Gasteiger partial charge on any atom is 0.317 e. The molecule has 38 heavy (non-hydrogen) atoms. The molecule has 0 radical (unpaired) electrons. The minimum absolute atomic E-state index is 0.0918. The molecule has 5 rings (SSSR count). The number of fused-ring (bicyclic) bond motifs is 1. The van der Waals surface area contributed by atoms with Gasteiger partial charge in [-0.05, 0) is 42.8 Å². The molecule has 0 bridgehead atoms. The summed E-state index contributed by atoms with van der Waals surface area (Å²) in [6.45, 7) is 1.42.